The van der Waals surface area contributed by atoms with E-state index in [2.05, 4.69) is 12.2 Å². The lowest BCUT2D eigenvalue weighted by Crippen LogP contribution is -2.06. The van der Waals surface area contributed by atoms with Crippen molar-refractivity contribution >= 4 is 11.7 Å². The fraction of sp³-hybridized carbons (Fsp3) is 0.278. The van der Waals surface area contributed by atoms with Crippen molar-refractivity contribution in [2.45, 2.75) is 26.8 Å². The van der Waals surface area contributed by atoms with Gasteiger partial charge >= 0.3 is 5.97 Å². The first kappa shape index (κ1) is 15.9. The summed E-state index contributed by atoms with van der Waals surface area (Å²) in [7, 11) is 0. The molecular weight excluding hydrogens is 278 g/mol. The van der Waals surface area contributed by atoms with Crippen molar-refractivity contribution in [1.29, 1.82) is 0 Å². The van der Waals surface area contributed by atoms with Crippen LogP contribution in [0, 0.1) is 6.92 Å². The molecule has 2 rings (SSSR count). The van der Waals surface area contributed by atoms with Crippen LogP contribution in [0.5, 0.6) is 5.75 Å². The molecular formula is C18H21NO3. The molecule has 0 fully saturated rings. The minimum Gasteiger partial charge on any atom is -0.493 e. The van der Waals surface area contributed by atoms with Crippen molar-refractivity contribution in [2.24, 2.45) is 0 Å². The molecule has 0 unspecified atom stereocenters. The van der Waals surface area contributed by atoms with Crippen molar-refractivity contribution in [2.75, 3.05) is 11.9 Å². The van der Waals surface area contributed by atoms with Crippen molar-refractivity contribution in [3.8, 4) is 5.75 Å². The van der Waals surface area contributed by atoms with Crippen LogP contribution in [0.1, 0.15) is 34.8 Å². The Morgan fingerprint density at radius 2 is 2.00 bits per heavy atom. The standard InChI is InChI=1S/C18H21NO3/c1-3-10-22-17-7-5-4-6-15(17)12-19-16-11-14(18(20)21)9-8-13(16)2/h4-9,11,19H,3,10,12H2,1-2H3,(H,20,21). The molecule has 0 saturated heterocycles. The van der Waals surface area contributed by atoms with Gasteiger partial charge < -0.3 is 15.2 Å². The van der Waals surface area contributed by atoms with E-state index in [0.717, 1.165) is 29.0 Å². The molecule has 0 radical (unpaired) electrons. The molecule has 0 aliphatic carbocycles. The third-order valence-electron chi connectivity index (χ3n) is 3.39. The average Bonchev–Trinajstić information content (AvgIpc) is 2.52. The lowest BCUT2D eigenvalue weighted by Gasteiger charge is -2.14. The first-order valence-electron chi connectivity index (χ1n) is 7.40. The molecule has 0 bridgehead atoms. The van der Waals surface area contributed by atoms with Gasteiger partial charge in [-0.15, -0.1) is 0 Å². The van der Waals surface area contributed by atoms with Crippen LogP contribution in [0.3, 0.4) is 0 Å². The molecule has 22 heavy (non-hydrogen) atoms. The lowest BCUT2D eigenvalue weighted by molar-refractivity contribution is 0.0697. The Kier molecular flexibility index (Phi) is 5.42. The van der Waals surface area contributed by atoms with Crippen LogP contribution in [0.25, 0.3) is 0 Å². The van der Waals surface area contributed by atoms with E-state index in [-0.39, 0.29) is 5.56 Å². The van der Waals surface area contributed by atoms with E-state index in [1.807, 2.05) is 37.3 Å². The molecule has 0 heterocycles. The first-order valence-corrected chi connectivity index (χ1v) is 7.40. The summed E-state index contributed by atoms with van der Waals surface area (Å²) in [5.74, 6) is -0.0568. The fourth-order valence-electron chi connectivity index (χ4n) is 2.14. The number of aromatic carboxylic acids is 1. The number of hydrogen-bond donors (Lipinski definition) is 2. The van der Waals surface area contributed by atoms with Crippen LogP contribution in [-0.4, -0.2) is 17.7 Å². The molecule has 0 aliphatic rings. The van der Waals surface area contributed by atoms with Gasteiger partial charge in [0.1, 0.15) is 5.75 Å². The van der Waals surface area contributed by atoms with Gasteiger partial charge in [0.25, 0.3) is 0 Å². The van der Waals surface area contributed by atoms with E-state index in [1.165, 1.54) is 0 Å². The predicted molar refractivity (Wildman–Crippen MR) is 87.7 cm³/mol. The van der Waals surface area contributed by atoms with Crippen molar-refractivity contribution in [3.63, 3.8) is 0 Å². The second-order valence-electron chi connectivity index (χ2n) is 5.14. The number of aryl methyl sites for hydroxylation is 1. The van der Waals surface area contributed by atoms with Crippen LogP contribution >= 0.6 is 0 Å². The lowest BCUT2D eigenvalue weighted by atomic mass is 10.1. The van der Waals surface area contributed by atoms with Gasteiger partial charge in [-0.2, -0.15) is 0 Å². The number of carboxylic acid groups (broad SMARTS) is 1. The summed E-state index contributed by atoms with van der Waals surface area (Å²) in [5.41, 5.74) is 3.17. The summed E-state index contributed by atoms with van der Waals surface area (Å²) in [6.07, 6.45) is 0.960. The highest BCUT2D eigenvalue weighted by Crippen LogP contribution is 2.22. The van der Waals surface area contributed by atoms with Crippen molar-refractivity contribution < 1.29 is 14.6 Å². The maximum Gasteiger partial charge on any atom is 0.335 e. The zero-order valence-corrected chi connectivity index (χ0v) is 12.9. The Morgan fingerprint density at radius 3 is 2.73 bits per heavy atom. The summed E-state index contributed by atoms with van der Waals surface area (Å²) in [4.78, 5) is 11.1. The van der Waals surface area contributed by atoms with Crippen LogP contribution in [0.2, 0.25) is 0 Å². The summed E-state index contributed by atoms with van der Waals surface area (Å²) >= 11 is 0. The zero-order valence-electron chi connectivity index (χ0n) is 12.9. The highest BCUT2D eigenvalue weighted by atomic mass is 16.5. The van der Waals surface area contributed by atoms with Gasteiger partial charge in [0.15, 0.2) is 0 Å². The SMILES string of the molecule is CCCOc1ccccc1CNc1cc(C(=O)O)ccc1C. The number of nitrogens with one attached hydrogen (secondary N) is 1. The zero-order chi connectivity index (χ0) is 15.9. The Labute approximate surface area is 130 Å². The summed E-state index contributed by atoms with van der Waals surface area (Å²) < 4.78 is 5.73. The highest BCUT2D eigenvalue weighted by Gasteiger charge is 2.07. The van der Waals surface area contributed by atoms with E-state index in [0.29, 0.717) is 13.2 Å². The average molecular weight is 299 g/mol. The maximum absolute atomic E-state index is 11.1. The summed E-state index contributed by atoms with van der Waals surface area (Å²) in [5, 5.41) is 12.4. The smallest absolute Gasteiger partial charge is 0.335 e. The van der Waals surface area contributed by atoms with Crippen molar-refractivity contribution in [1.82, 2.24) is 0 Å². The van der Waals surface area contributed by atoms with Crippen molar-refractivity contribution in [3.05, 3.63) is 59.2 Å². The number of ether oxygens (including phenoxy) is 1. The minimum atomic E-state index is -0.922. The van der Waals surface area contributed by atoms with Gasteiger partial charge in [0.2, 0.25) is 0 Å². The number of hydrogen-bond acceptors (Lipinski definition) is 3. The Hall–Kier alpha value is -2.49. The predicted octanol–water partition coefficient (Wildman–Crippen LogP) is 4.09. The van der Waals surface area contributed by atoms with E-state index in [9.17, 15) is 4.79 Å². The maximum atomic E-state index is 11.1. The molecule has 0 amide bonds. The Bertz CT molecular complexity index is 653. The number of carbonyl (C=O) groups is 1. The molecule has 2 aromatic rings. The van der Waals surface area contributed by atoms with Gasteiger partial charge in [-0.25, -0.2) is 4.79 Å². The van der Waals surface area contributed by atoms with E-state index < -0.39 is 5.97 Å². The molecule has 0 saturated carbocycles. The summed E-state index contributed by atoms with van der Waals surface area (Å²) in [6, 6.07) is 13.0. The normalized spacial score (nSPS) is 10.3. The molecule has 0 aromatic heterocycles. The molecule has 116 valence electrons. The molecule has 2 N–H and O–H groups in total. The first-order chi connectivity index (χ1) is 10.6. The van der Waals surface area contributed by atoms with E-state index in [4.69, 9.17) is 9.84 Å². The number of para-hydroxylation sites is 1. The van der Waals surface area contributed by atoms with Crippen LogP contribution < -0.4 is 10.1 Å². The van der Waals surface area contributed by atoms with Gasteiger partial charge in [-0.05, 0) is 37.1 Å². The number of rotatable bonds is 7. The quantitative estimate of drug-likeness (QED) is 0.808. The monoisotopic (exact) mass is 299 g/mol. The molecule has 2 aromatic carbocycles. The molecule has 0 aliphatic heterocycles. The highest BCUT2D eigenvalue weighted by molar-refractivity contribution is 5.89. The number of benzene rings is 2. The van der Waals surface area contributed by atoms with Gasteiger partial charge in [-0.3, -0.25) is 0 Å². The number of anilines is 1. The minimum absolute atomic E-state index is 0.281. The van der Waals surface area contributed by atoms with Crippen LogP contribution in [0.15, 0.2) is 42.5 Å². The third kappa shape index (κ3) is 4.01. The summed E-state index contributed by atoms with van der Waals surface area (Å²) in [6.45, 7) is 5.30. The van der Waals surface area contributed by atoms with Crippen LogP contribution in [-0.2, 0) is 6.54 Å². The van der Waals surface area contributed by atoms with E-state index >= 15 is 0 Å². The Balaban J connectivity index is 2.13. The second kappa shape index (κ2) is 7.50. The molecule has 4 nitrogen and oxygen atoms in total. The third-order valence-corrected chi connectivity index (χ3v) is 3.39. The molecule has 4 heteroatoms. The van der Waals surface area contributed by atoms with Gasteiger partial charge in [0.05, 0.1) is 12.2 Å². The van der Waals surface area contributed by atoms with E-state index in [1.54, 1.807) is 12.1 Å². The topological polar surface area (TPSA) is 58.6 Å². The Morgan fingerprint density at radius 1 is 1.23 bits per heavy atom. The number of carboxylic acids is 1. The molecule has 0 atom stereocenters. The van der Waals surface area contributed by atoms with Gasteiger partial charge in [-0.1, -0.05) is 31.2 Å². The van der Waals surface area contributed by atoms with Crippen LogP contribution in [0.4, 0.5) is 5.69 Å². The molecule has 0 spiro atoms. The second-order valence-corrected chi connectivity index (χ2v) is 5.14. The van der Waals surface area contributed by atoms with Gasteiger partial charge in [0, 0.05) is 17.8 Å². The fourth-order valence-corrected chi connectivity index (χ4v) is 2.14. The largest absolute Gasteiger partial charge is 0.493 e.